The van der Waals surface area contributed by atoms with Gasteiger partial charge in [0.15, 0.2) is 0 Å². The fourth-order valence-corrected chi connectivity index (χ4v) is 4.76. The predicted octanol–water partition coefficient (Wildman–Crippen LogP) is 2.84. The number of hydrogen-bond acceptors (Lipinski definition) is 3. The Morgan fingerprint density at radius 3 is 2.28 bits per heavy atom. The summed E-state index contributed by atoms with van der Waals surface area (Å²) in [6, 6.07) is 0. The minimum absolute atomic E-state index is 0.157. The molecule has 1 aromatic rings. The number of rotatable bonds is 1. The van der Waals surface area contributed by atoms with Crippen LogP contribution in [0.25, 0.3) is 0 Å². The first-order valence-corrected chi connectivity index (χ1v) is 6.94. The van der Waals surface area contributed by atoms with Gasteiger partial charge in [-0.2, -0.15) is 0 Å². The van der Waals surface area contributed by atoms with Crippen molar-refractivity contribution in [3.63, 3.8) is 0 Å². The van der Waals surface area contributed by atoms with Gasteiger partial charge in [-0.1, -0.05) is 0 Å². The molecule has 4 aliphatic carbocycles. The fraction of sp³-hybridized carbons (Fsp3) is 0.714. The molecule has 4 heteroatoms. The smallest absolute Gasteiger partial charge is 0.419 e. The second-order valence-corrected chi connectivity index (χ2v) is 6.44. The summed E-state index contributed by atoms with van der Waals surface area (Å²) < 4.78 is 7.32. The molecule has 4 saturated carbocycles. The SMILES string of the molecule is O=C(OC12CC3CC(CC(C3)C1)C2)n1ccnc1. The Hall–Kier alpha value is -1.32. The maximum absolute atomic E-state index is 12.1. The van der Waals surface area contributed by atoms with Gasteiger partial charge in [0.1, 0.15) is 11.9 Å². The van der Waals surface area contributed by atoms with E-state index >= 15 is 0 Å². The zero-order chi connectivity index (χ0) is 12.2. The summed E-state index contributed by atoms with van der Waals surface area (Å²) in [5.74, 6) is 2.39. The molecular weight excluding hydrogens is 228 g/mol. The molecule has 5 rings (SSSR count). The van der Waals surface area contributed by atoms with Crippen LogP contribution < -0.4 is 0 Å². The lowest BCUT2D eigenvalue weighted by molar-refractivity contribution is -0.127. The minimum Gasteiger partial charge on any atom is -0.442 e. The van der Waals surface area contributed by atoms with E-state index in [-0.39, 0.29) is 11.7 Å². The monoisotopic (exact) mass is 246 g/mol. The molecule has 4 bridgehead atoms. The van der Waals surface area contributed by atoms with Crippen LogP contribution in [-0.4, -0.2) is 21.2 Å². The summed E-state index contributed by atoms with van der Waals surface area (Å²) >= 11 is 0. The molecule has 4 fully saturated rings. The van der Waals surface area contributed by atoms with E-state index in [2.05, 4.69) is 4.98 Å². The van der Waals surface area contributed by atoms with Crippen LogP contribution in [0.5, 0.6) is 0 Å². The normalized spacial score (nSPS) is 41.0. The van der Waals surface area contributed by atoms with Crippen molar-refractivity contribution < 1.29 is 9.53 Å². The lowest BCUT2D eigenvalue weighted by Crippen LogP contribution is -2.53. The third kappa shape index (κ3) is 1.58. The summed E-state index contributed by atoms with van der Waals surface area (Å²) in [5, 5.41) is 0. The molecule has 1 aromatic heterocycles. The molecule has 18 heavy (non-hydrogen) atoms. The van der Waals surface area contributed by atoms with Crippen molar-refractivity contribution in [3.8, 4) is 0 Å². The average molecular weight is 246 g/mol. The van der Waals surface area contributed by atoms with Crippen LogP contribution in [0.3, 0.4) is 0 Å². The van der Waals surface area contributed by atoms with Gasteiger partial charge in [-0.05, 0) is 56.3 Å². The Bertz CT molecular complexity index is 431. The van der Waals surface area contributed by atoms with E-state index in [1.807, 2.05) is 0 Å². The van der Waals surface area contributed by atoms with Crippen LogP contribution in [0.2, 0.25) is 0 Å². The topological polar surface area (TPSA) is 44.1 Å². The molecule has 0 saturated heterocycles. The van der Waals surface area contributed by atoms with E-state index in [9.17, 15) is 4.79 Å². The van der Waals surface area contributed by atoms with Gasteiger partial charge in [-0.3, -0.25) is 0 Å². The second kappa shape index (κ2) is 3.59. The molecule has 0 amide bonds. The number of ether oxygens (including phenoxy) is 1. The van der Waals surface area contributed by atoms with Gasteiger partial charge < -0.3 is 4.74 Å². The van der Waals surface area contributed by atoms with Crippen LogP contribution in [0, 0.1) is 17.8 Å². The van der Waals surface area contributed by atoms with Crippen molar-refractivity contribution in [2.45, 2.75) is 44.1 Å². The van der Waals surface area contributed by atoms with Crippen LogP contribution >= 0.6 is 0 Å². The second-order valence-electron chi connectivity index (χ2n) is 6.44. The van der Waals surface area contributed by atoms with Crippen LogP contribution in [0.15, 0.2) is 18.7 Å². The molecule has 0 aromatic carbocycles. The van der Waals surface area contributed by atoms with E-state index in [1.54, 1.807) is 12.4 Å². The van der Waals surface area contributed by atoms with Crippen molar-refractivity contribution in [2.75, 3.05) is 0 Å². The average Bonchev–Trinajstić information content (AvgIpc) is 2.79. The largest absolute Gasteiger partial charge is 0.442 e. The van der Waals surface area contributed by atoms with Crippen LogP contribution in [-0.2, 0) is 4.74 Å². The molecule has 1 heterocycles. The quantitative estimate of drug-likeness (QED) is 0.765. The summed E-state index contributed by atoms with van der Waals surface area (Å²) in [7, 11) is 0. The van der Waals surface area contributed by atoms with Gasteiger partial charge in [-0.25, -0.2) is 14.3 Å². The molecule has 0 spiro atoms. The summed E-state index contributed by atoms with van der Waals surface area (Å²) in [6.07, 6.45) is 11.9. The van der Waals surface area contributed by atoms with Crippen LogP contribution in [0.4, 0.5) is 4.79 Å². The maximum Gasteiger partial charge on any atom is 0.419 e. The Morgan fingerprint density at radius 2 is 1.78 bits per heavy atom. The van der Waals surface area contributed by atoms with Crippen molar-refractivity contribution >= 4 is 6.09 Å². The summed E-state index contributed by atoms with van der Waals surface area (Å²) in [6.45, 7) is 0. The first kappa shape index (κ1) is 10.6. The number of carbonyl (C=O) groups is 1. The van der Waals surface area contributed by atoms with E-state index < -0.39 is 0 Å². The lowest BCUT2D eigenvalue weighted by atomic mass is 9.54. The molecule has 96 valence electrons. The number of aromatic nitrogens is 2. The Kier molecular flexibility index (Phi) is 2.11. The van der Waals surface area contributed by atoms with Crippen molar-refractivity contribution in [1.29, 1.82) is 0 Å². The maximum atomic E-state index is 12.1. The predicted molar refractivity (Wildman–Crippen MR) is 65.0 cm³/mol. The third-order valence-electron chi connectivity index (χ3n) is 5.00. The number of imidazole rings is 1. The number of carbonyl (C=O) groups excluding carboxylic acids is 1. The molecule has 4 aliphatic rings. The summed E-state index contributed by atoms with van der Waals surface area (Å²) in [4.78, 5) is 16.0. The number of nitrogens with zero attached hydrogens (tertiary/aromatic N) is 2. The van der Waals surface area contributed by atoms with E-state index in [1.165, 1.54) is 30.2 Å². The lowest BCUT2D eigenvalue weighted by Gasteiger charge is -2.55. The van der Waals surface area contributed by atoms with E-state index in [0.717, 1.165) is 37.0 Å². The van der Waals surface area contributed by atoms with Gasteiger partial charge in [0.25, 0.3) is 0 Å². The Morgan fingerprint density at radius 1 is 1.17 bits per heavy atom. The molecule has 0 N–H and O–H groups in total. The molecule has 0 radical (unpaired) electrons. The van der Waals surface area contributed by atoms with Crippen molar-refractivity contribution in [1.82, 2.24) is 9.55 Å². The summed E-state index contributed by atoms with van der Waals surface area (Å²) in [5.41, 5.74) is -0.157. The van der Waals surface area contributed by atoms with E-state index in [0.29, 0.717) is 0 Å². The standard InChI is InChI=1S/C14H18N2O2/c17-13(16-2-1-15-9-16)18-14-6-10-3-11(7-14)5-12(4-10)8-14/h1-2,9-12H,3-8H2. The van der Waals surface area contributed by atoms with Gasteiger partial charge in [0.05, 0.1) is 0 Å². The molecule has 0 atom stereocenters. The fourth-order valence-electron chi connectivity index (χ4n) is 4.76. The highest BCUT2D eigenvalue weighted by Crippen LogP contribution is 2.57. The van der Waals surface area contributed by atoms with Gasteiger partial charge in [0.2, 0.25) is 0 Å². The zero-order valence-corrected chi connectivity index (χ0v) is 10.4. The highest BCUT2D eigenvalue weighted by atomic mass is 16.6. The molecule has 4 nitrogen and oxygen atoms in total. The first-order chi connectivity index (χ1) is 8.72. The Labute approximate surface area is 106 Å². The molecular formula is C14H18N2O2. The van der Waals surface area contributed by atoms with Crippen LogP contribution in [0.1, 0.15) is 38.5 Å². The highest BCUT2D eigenvalue weighted by molar-refractivity contribution is 5.70. The van der Waals surface area contributed by atoms with Crippen molar-refractivity contribution in [2.24, 2.45) is 17.8 Å². The zero-order valence-electron chi connectivity index (χ0n) is 10.4. The third-order valence-corrected chi connectivity index (χ3v) is 5.00. The number of hydrogen-bond donors (Lipinski definition) is 0. The minimum atomic E-state index is -0.255. The highest BCUT2D eigenvalue weighted by Gasteiger charge is 2.53. The Balaban J connectivity index is 1.56. The van der Waals surface area contributed by atoms with Gasteiger partial charge in [-0.15, -0.1) is 0 Å². The molecule has 0 aliphatic heterocycles. The first-order valence-electron chi connectivity index (χ1n) is 6.94. The van der Waals surface area contributed by atoms with E-state index in [4.69, 9.17) is 4.74 Å². The van der Waals surface area contributed by atoms with Gasteiger partial charge >= 0.3 is 6.09 Å². The van der Waals surface area contributed by atoms with Gasteiger partial charge in [0, 0.05) is 12.4 Å². The molecule has 0 unspecified atom stereocenters. The van der Waals surface area contributed by atoms with Crippen molar-refractivity contribution in [3.05, 3.63) is 18.7 Å².